The van der Waals surface area contributed by atoms with Crippen molar-refractivity contribution >= 4 is 23.2 Å². The number of carbonyl (C=O) groups excluding carboxylic acids is 2. The maximum absolute atomic E-state index is 12.5. The molecule has 7 nitrogen and oxygen atoms in total. The molecule has 2 amide bonds. The van der Waals surface area contributed by atoms with Gasteiger partial charge in [-0.25, -0.2) is 4.98 Å². The summed E-state index contributed by atoms with van der Waals surface area (Å²) in [5.74, 6) is 1.01. The summed E-state index contributed by atoms with van der Waals surface area (Å²) >= 11 is 0. The van der Waals surface area contributed by atoms with Crippen LogP contribution in [0, 0.1) is 5.92 Å². The molecule has 1 aromatic heterocycles. The molecule has 0 atom stereocenters. The Hall–Kier alpha value is -3.61. The molecule has 7 heteroatoms. The lowest BCUT2D eigenvalue weighted by molar-refractivity contribution is -0.117. The summed E-state index contributed by atoms with van der Waals surface area (Å²) in [5, 5.41) is 5.84. The maximum Gasteiger partial charge on any atom is 0.275 e. The second-order valence-electron chi connectivity index (χ2n) is 8.57. The Balaban J connectivity index is 1.29. The summed E-state index contributed by atoms with van der Waals surface area (Å²) in [6, 6.07) is 15.0. The van der Waals surface area contributed by atoms with E-state index in [1.165, 1.54) is 19.3 Å². The second-order valence-corrected chi connectivity index (χ2v) is 8.57. The molecule has 1 fully saturated rings. The number of nitrogens with zero attached hydrogens (tertiary/aromatic N) is 2. The lowest BCUT2D eigenvalue weighted by Gasteiger charge is -2.20. The lowest BCUT2D eigenvalue weighted by atomic mass is 9.87. The first-order valence-corrected chi connectivity index (χ1v) is 11.4. The summed E-state index contributed by atoms with van der Waals surface area (Å²) < 4.78 is 7.04. The number of anilines is 2. The minimum atomic E-state index is -0.280. The van der Waals surface area contributed by atoms with Crippen molar-refractivity contribution < 1.29 is 14.3 Å². The zero-order chi connectivity index (χ0) is 23.0. The highest BCUT2D eigenvalue weighted by atomic mass is 16.5. The SMILES string of the molecule is COc1cccc(NC(=O)c2cn(Cc3ccc(NC(=O)CC4CCCCC4)cc3)cn2)c1. The van der Waals surface area contributed by atoms with Gasteiger partial charge in [-0.2, -0.15) is 0 Å². The lowest BCUT2D eigenvalue weighted by Crippen LogP contribution is -2.18. The van der Waals surface area contributed by atoms with Crippen LogP contribution in [0.5, 0.6) is 5.75 Å². The second kappa shape index (κ2) is 10.8. The van der Waals surface area contributed by atoms with Crippen LogP contribution in [0.25, 0.3) is 0 Å². The average molecular weight is 447 g/mol. The summed E-state index contributed by atoms with van der Waals surface area (Å²) in [6.45, 7) is 0.579. The Kier molecular flexibility index (Phi) is 7.40. The molecule has 33 heavy (non-hydrogen) atoms. The maximum atomic E-state index is 12.5. The Bertz CT molecular complexity index is 1080. The molecule has 0 radical (unpaired) electrons. The number of aromatic nitrogens is 2. The van der Waals surface area contributed by atoms with E-state index in [9.17, 15) is 9.59 Å². The Morgan fingerprint density at radius 2 is 1.82 bits per heavy atom. The zero-order valence-corrected chi connectivity index (χ0v) is 18.9. The third kappa shape index (κ3) is 6.44. The van der Waals surface area contributed by atoms with Gasteiger partial charge >= 0.3 is 0 Å². The van der Waals surface area contributed by atoms with Crippen LogP contribution in [0.2, 0.25) is 0 Å². The average Bonchev–Trinajstić information content (AvgIpc) is 3.30. The van der Waals surface area contributed by atoms with Crippen molar-refractivity contribution in [1.29, 1.82) is 0 Å². The first-order chi connectivity index (χ1) is 16.1. The first kappa shape index (κ1) is 22.6. The number of benzene rings is 2. The Morgan fingerprint density at radius 1 is 1.03 bits per heavy atom. The van der Waals surface area contributed by atoms with Crippen LogP contribution in [0.15, 0.2) is 61.1 Å². The van der Waals surface area contributed by atoms with Gasteiger partial charge < -0.3 is 19.9 Å². The number of rotatable bonds is 8. The predicted molar refractivity (Wildman–Crippen MR) is 129 cm³/mol. The smallest absolute Gasteiger partial charge is 0.275 e. The molecule has 4 rings (SSSR count). The van der Waals surface area contributed by atoms with Crippen molar-refractivity contribution in [3.05, 3.63) is 72.3 Å². The Morgan fingerprint density at radius 3 is 2.58 bits per heavy atom. The highest BCUT2D eigenvalue weighted by molar-refractivity contribution is 6.02. The van der Waals surface area contributed by atoms with Crippen LogP contribution in [0.1, 0.15) is 54.6 Å². The molecule has 172 valence electrons. The summed E-state index contributed by atoms with van der Waals surface area (Å²) in [5.41, 5.74) is 2.85. The number of carbonyl (C=O) groups is 2. The fourth-order valence-electron chi connectivity index (χ4n) is 4.23. The highest BCUT2D eigenvalue weighted by Gasteiger charge is 2.17. The molecule has 1 aliphatic rings. The van der Waals surface area contributed by atoms with Crippen LogP contribution in [-0.2, 0) is 11.3 Å². The molecule has 1 aliphatic carbocycles. The largest absolute Gasteiger partial charge is 0.497 e. The standard InChI is InChI=1S/C26H30N4O3/c1-33-23-9-5-8-22(15-23)29-26(32)24-17-30(18-27-24)16-20-10-12-21(13-11-20)28-25(31)14-19-6-3-2-4-7-19/h5,8-13,15,17-19H,2-4,6-7,14,16H2,1H3,(H,28,31)(H,29,32). The minimum Gasteiger partial charge on any atom is -0.497 e. The van der Waals surface area contributed by atoms with Gasteiger partial charge in [0.1, 0.15) is 11.4 Å². The van der Waals surface area contributed by atoms with E-state index in [4.69, 9.17) is 4.74 Å². The molecule has 1 heterocycles. The van der Waals surface area contributed by atoms with E-state index < -0.39 is 0 Å². The van der Waals surface area contributed by atoms with Crippen LogP contribution < -0.4 is 15.4 Å². The zero-order valence-electron chi connectivity index (χ0n) is 18.9. The van der Waals surface area contributed by atoms with Crippen molar-refractivity contribution in [3.8, 4) is 5.75 Å². The monoisotopic (exact) mass is 446 g/mol. The minimum absolute atomic E-state index is 0.0935. The predicted octanol–water partition coefficient (Wildman–Crippen LogP) is 5.10. The van der Waals surface area contributed by atoms with E-state index in [-0.39, 0.29) is 11.8 Å². The third-order valence-corrected chi connectivity index (χ3v) is 6.00. The van der Waals surface area contributed by atoms with Crippen LogP contribution in [-0.4, -0.2) is 28.5 Å². The molecule has 0 unspecified atom stereocenters. The van der Waals surface area contributed by atoms with Gasteiger partial charge in [0, 0.05) is 36.6 Å². The van der Waals surface area contributed by atoms with Crippen LogP contribution in [0.3, 0.4) is 0 Å². The number of amides is 2. The molecular formula is C26H30N4O3. The van der Waals surface area contributed by atoms with Gasteiger partial charge in [0.15, 0.2) is 0 Å². The molecule has 2 aromatic carbocycles. The quantitative estimate of drug-likeness (QED) is 0.504. The number of methoxy groups -OCH3 is 1. The summed E-state index contributed by atoms with van der Waals surface area (Å²) in [6.07, 6.45) is 10.1. The summed E-state index contributed by atoms with van der Waals surface area (Å²) in [7, 11) is 1.58. The fourth-order valence-corrected chi connectivity index (χ4v) is 4.23. The molecule has 3 aromatic rings. The van der Waals surface area contributed by atoms with Crippen molar-refractivity contribution in [3.63, 3.8) is 0 Å². The molecule has 1 saturated carbocycles. The van der Waals surface area contributed by atoms with E-state index in [1.54, 1.807) is 31.8 Å². The summed E-state index contributed by atoms with van der Waals surface area (Å²) in [4.78, 5) is 29.0. The number of nitrogens with one attached hydrogen (secondary N) is 2. The molecule has 2 N–H and O–H groups in total. The van der Waals surface area contributed by atoms with E-state index in [0.717, 1.165) is 24.1 Å². The van der Waals surface area contributed by atoms with Crippen LogP contribution >= 0.6 is 0 Å². The molecule has 0 bridgehead atoms. The van der Waals surface area contributed by atoms with Gasteiger partial charge in [0.25, 0.3) is 5.91 Å². The van der Waals surface area contributed by atoms with Crippen LogP contribution in [0.4, 0.5) is 11.4 Å². The van der Waals surface area contributed by atoms with E-state index in [1.807, 2.05) is 41.0 Å². The highest BCUT2D eigenvalue weighted by Crippen LogP contribution is 2.26. The van der Waals surface area contributed by atoms with Crippen molar-refractivity contribution in [2.24, 2.45) is 5.92 Å². The van der Waals surface area contributed by atoms with Crippen molar-refractivity contribution in [2.45, 2.75) is 45.1 Å². The van der Waals surface area contributed by atoms with Gasteiger partial charge in [-0.1, -0.05) is 37.5 Å². The van der Waals surface area contributed by atoms with Gasteiger partial charge in [0.05, 0.1) is 13.4 Å². The number of hydrogen-bond donors (Lipinski definition) is 2. The molecular weight excluding hydrogens is 416 g/mol. The van der Waals surface area contributed by atoms with E-state index >= 15 is 0 Å². The number of hydrogen-bond acceptors (Lipinski definition) is 4. The Labute approximate surface area is 194 Å². The van der Waals surface area contributed by atoms with E-state index in [0.29, 0.717) is 36.0 Å². The van der Waals surface area contributed by atoms with Gasteiger partial charge in [-0.05, 0) is 48.6 Å². The fraction of sp³-hybridized carbons (Fsp3) is 0.346. The van der Waals surface area contributed by atoms with Gasteiger partial charge in [-0.15, -0.1) is 0 Å². The van der Waals surface area contributed by atoms with Crippen molar-refractivity contribution in [2.75, 3.05) is 17.7 Å². The number of ether oxygens (including phenoxy) is 1. The molecule has 0 saturated heterocycles. The van der Waals surface area contributed by atoms with Gasteiger partial charge in [-0.3, -0.25) is 9.59 Å². The molecule has 0 spiro atoms. The van der Waals surface area contributed by atoms with Gasteiger partial charge in [0.2, 0.25) is 5.91 Å². The first-order valence-electron chi connectivity index (χ1n) is 11.4. The molecule has 0 aliphatic heterocycles. The van der Waals surface area contributed by atoms with E-state index in [2.05, 4.69) is 15.6 Å². The van der Waals surface area contributed by atoms with Crippen molar-refractivity contribution in [1.82, 2.24) is 9.55 Å². The normalized spacial score (nSPS) is 14.0. The number of imidazole rings is 1. The topological polar surface area (TPSA) is 85.2 Å². The third-order valence-electron chi connectivity index (χ3n) is 6.00.